The van der Waals surface area contributed by atoms with Crippen LogP contribution in [0.2, 0.25) is 0 Å². The Morgan fingerprint density at radius 3 is 0.991 bits per heavy atom. The molecular weight excluding hydrogens is 1350 g/mol. The van der Waals surface area contributed by atoms with Gasteiger partial charge in [-0.1, -0.05) is 161 Å². The minimum atomic E-state index is -0.644. The molecule has 6 unspecified atom stereocenters. The lowest BCUT2D eigenvalue weighted by atomic mass is 9.75. The molecule has 4 saturated carbocycles. The van der Waals surface area contributed by atoms with Gasteiger partial charge in [-0.2, -0.15) is 0 Å². The Kier molecular flexibility index (Phi) is 21.6. The van der Waals surface area contributed by atoms with E-state index in [9.17, 15) is 28.8 Å². The van der Waals surface area contributed by atoms with Gasteiger partial charge in [-0.3, -0.25) is 39.1 Å². The Labute approximate surface area is 633 Å². The molecule has 0 radical (unpaired) electrons. The van der Waals surface area contributed by atoms with Gasteiger partial charge in [0, 0.05) is 121 Å². The molecule has 12 atom stereocenters. The van der Waals surface area contributed by atoms with E-state index in [2.05, 4.69) is 118 Å². The molecule has 16 rings (SSSR count). The van der Waals surface area contributed by atoms with Crippen LogP contribution in [0.1, 0.15) is 140 Å². The number of fused-ring (bicyclic) bond motifs is 4. The highest BCUT2D eigenvalue weighted by Crippen LogP contribution is 2.56. The molecule has 6 amide bonds. The van der Waals surface area contributed by atoms with Crippen molar-refractivity contribution < 1.29 is 38.2 Å². The van der Waals surface area contributed by atoms with E-state index < -0.39 is 24.3 Å². The van der Waals surface area contributed by atoms with Gasteiger partial charge in [0.2, 0.25) is 23.6 Å². The van der Waals surface area contributed by atoms with Crippen molar-refractivity contribution in [1.82, 2.24) is 20.4 Å². The normalized spacial score (nSPS) is 24.9. The zero-order chi connectivity index (χ0) is 74.7. The van der Waals surface area contributed by atoms with E-state index in [0.29, 0.717) is 49.6 Å². The summed E-state index contributed by atoms with van der Waals surface area (Å²) in [4.78, 5) is 101. The lowest BCUT2D eigenvalue weighted by Gasteiger charge is -2.31. The van der Waals surface area contributed by atoms with Crippen molar-refractivity contribution >= 4 is 92.3 Å². The second-order valence-corrected chi connectivity index (χ2v) is 31.7. The predicted molar refractivity (Wildman–Crippen MR) is 427 cm³/mol. The van der Waals surface area contributed by atoms with Gasteiger partial charge in [0.1, 0.15) is 12.1 Å². The standard InChI is InChI=1S/2C45H49N5O4/c2*1-27(2)42(49-45(53)54-3)44(52)50-21-7-10-39(50)37-23-34(25-46-37)30-15-11-28(12-16-30)29-13-17-31(18-14-29)35-24-38(47-26-35)40-32-19-20-33(22-32)41(40)43(51)48-36-8-5-4-6-9-36/h2*4-6,8-9,11-18,25-27,32-33,39-42H,7,10,19-24H2,1-3H3,(H,48,51)(H,49,53)/t32?,33?,39-,40?,41+,42-;32?,33?,39-,40?,41-,42-/m00/s1. The molecule has 4 bridgehead atoms. The molecule has 4 aliphatic carbocycles. The van der Waals surface area contributed by atoms with Crippen molar-refractivity contribution in [2.75, 3.05) is 37.9 Å². The van der Waals surface area contributed by atoms with E-state index in [4.69, 9.17) is 29.4 Å². The molecule has 4 N–H and O–H groups in total. The Morgan fingerprint density at radius 2 is 0.676 bits per heavy atom. The first kappa shape index (κ1) is 72.9. The van der Waals surface area contributed by atoms with Gasteiger partial charge in [0.25, 0.3) is 0 Å². The number of nitrogens with zero attached hydrogens (tertiary/aromatic N) is 6. The van der Waals surface area contributed by atoms with Crippen molar-refractivity contribution in [1.29, 1.82) is 0 Å². The average molecular weight is 1450 g/mol. The summed E-state index contributed by atoms with van der Waals surface area (Å²) in [6.45, 7) is 9.01. The first-order chi connectivity index (χ1) is 52.5. The zero-order valence-corrected chi connectivity index (χ0v) is 62.7. The topological polar surface area (TPSA) is 225 Å². The number of benzene rings is 6. The summed E-state index contributed by atoms with van der Waals surface area (Å²) in [6.07, 6.45) is 20.1. The van der Waals surface area contributed by atoms with Crippen molar-refractivity contribution in [2.45, 2.75) is 142 Å². The number of anilines is 2. The van der Waals surface area contributed by atoms with Gasteiger partial charge in [0.05, 0.1) is 26.3 Å². The highest BCUT2D eigenvalue weighted by atomic mass is 16.5. The summed E-state index contributed by atoms with van der Waals surface area (Å²) in [5.41, 5.74) is 19.9. The fraction of sp³-hybridized carbons (Fsp3) is 0.400. The quantitative estimate of drug-likeness (QED) is 0.0574. The Balaban J connectivity index is 0.000000172. The van der Waals surface area contributed by atoms with Gasteiger partial charge in [-0.05, 0) is 191 Å². The maximum absolute atomic E-state index is 13.6. The Bertz CT molecular complexity index is 4360. The molecule has 6 fully saturated rings. The van der Waals surface area contributed by atoms with Crippen LogP contribution in [0.3, 0.4) is 0 Å². The number of likely N-dealkylation sites (tertiary alicyclic amines) is 2. The third-order valence-electron chi connectivity index (χ3n) is 24.6. The molecule has 10 aliphatic rings. The zero-order valence-electron chi connectivity index (χ0n) is 62.7. The Morgan fingerprint density at radius 1 is 0.380 bits per heavy atom. The number of amides is 6. The van der Waals surface area contributed by atoms with E-state index in [1.54, 1.807) is 0 Å². The number of carbonyl (C=O) groups excluding carboxylic acids is 6. The van der Waals surface area contributed by atoms with E-state index >= 15 is 0 Å². The number of aliphatic imine (C=N–C) groups is 4. The van der Waals surface area contributed by atoms with Gasteiger partial charge >= 0.3 is 12.2 Å². The number of para-hydroxylation sites is 2. The van der Waals surface area contributed by atoms with Crippen LogP contribution in [0.4, 0.5) is 21.0 Å². The molecule has 6 aromatic carbocycles. The molecule has 18 nitrogen and oxygen atoms in total. The lowest BCUT2D eigenvalue weighted by molar-refractivity contribution is -0.134. The second kappa shape index (κ2) is 32.1. The number of allylic oxidation sites excluding steroid dienone is 4. The number of carbonyl (C=O) groups is 6. The van der Waals surface area contributed by atoms with Crippen LogP contribution in [-0.2, 0) is 28.7 Å². The molecule has 0 aromatic heterocycles. The smallest absolute Gasteiger partial charge is 0.407 e. The van der Waals surface area contributed by atoms with E-state index in [-0.39, 0.29) is 71.2 Å². The molecule has 6 heterocycles. The predicted octanol–water partition coefficient (Wildman–Crippen LogP) is 16.8. The van der Waals surface area contributed by atoms with Crippen molar-refractivity contribution in [3.63, 3.8) is 0 Å². The number of methoxy groups -OCH3 is 2. The van der Waals surface area contributed by atoms with Gasteiger partial charge in [-0.15, -0.1) is 0 Å². The molecular formula is C90H98N10O8. The fourth-order valence-corrected chi connectivity index (χ4v) is 19.1. The van der Waals surface area contributed by atoms with Gasteiger partial charge < -0.3 is 40.5 Å². The fourth-order valence-electron chi connectivity index (χ4n) is 19.1. The second-order valence-electron chi connectivity index (χ2n) is 31.7. The molecule has 108 heavy (non-hydrogen) atoms. The summed E-state index contributed by atoms with van der Waals surface area (Å²) >= 11 is 0. The first-order valence-electron chi connectivity index (χ1n) is 39.0. The first-order valence-corrected chi connectivity index (χ1v) is 39.0. The largest absolute Gasteiger partial charge is 0.453 e. The third kappa shape index (κ3) is 15.3. The van der Waals surface area contributed by atoms with Crippen molar-refractivity contribution in [3.05, 3.63) is 205 Å². The van der Waals surface area contributed by atoms with Crippen LogP contribution in [-0.4, -0.2) is 120 Å². The summed E-state index contributed by atoms with van der Waals surface area (Å²) < 4.78 is 9.55. The minimum Gasteiger partial charge on any atom is -0.453 e. The highest BCUT2D eigenvalue weighted by molar-refractivity contribution is 6.08. The number of hydrogen-bond donors (Lipinski definition) is 4. The molecule has 18 heteroatoms. The number of nitrogens with one attached hydrogen (secondary N) is 4. The van der Waals surface area contributed by atoms with Gasteiger partial charge in [-0.25, -0.2) is 9.59 Å². The van der Waals surface area contributed by atoms with Crippen LogP contribution >= 0.6 is 0 Å². The van der Waals surface area contributed by atoms with Crippen molar-refractivity contribution in [2.24, 2.45) is 79.1 Å². The highest BCUT2D eigenvalue weighted by Gasteiger charge is 2.54. The van der Waals surface area contributed by atoms with E-state index in [1.807, 2.05) is 123 Å². The summed E-state index contributed by atoms with van der Waals surface area (Å²) in [5, 5.41) is 11.8. The van der Waals surface area contributed by atoms with Gasteiger partial charge in [0.15, 0.2) is 0 Å². The van der Waals surface area contributed by atoms with Crippen LogP contribution in [0, 0.1) is 59.2 Å². The average Bonchev–Trinajstić information content (AvgIpc) is 1.60. The number of rotatable bonds is 20. The summed E-state index contributed by atoms with van der Waals surface area (Å²) in [7, 11) is 2.62. The van der Waals surface area contributed by atoms with Crippen LogP contribution in [0.25, 0.3) is 44.5 Å². The molecule has 6 aromatic rings. The molecule has 556 valence electrons. The SMILES string of the molecule is COC(=O)N[C@H](C(=O)N1CCC[C@H]1C1=NC=C(c2ccc(-c3ccc(C4=CN=C(C5C6CCC(C6)[C@@H]5C(=O)Nc5ccccc5)C4)cc3)cc2)C1)C(C)C.COC(=O)N[C@H](C(=O)N1CCC[C@H]1C1=NC=C(c2ccc(-c3ccc(C4=CN=C(C5C6CCC(C6)[C@H]5C(=O)Nc5ccccc5)C4)cc3)cc2)C1)C(C)C. The van der Waals surface area contributed by atoms with Crippen molar-refractivity contribution in [3.8, 4) is 22.3 Å². The maximum Gasteiger partial charge on any atom is 0.407 e. The van der Waals surface area contributed by atoms with Crippen LogP contribution in [0.15, 0.2) is 202 Å². The summed E-state index contributed by atoms with van der Waals surface area (Å²) in [6, 6.07) is 52.9. The lowest BCUT2D eigenvalue weighted by Crippen LogP contribution is -2.53. The summed E-state index contributed by atoms with van der Waals surface area (Å²) in [5.74, 6) is 2.32. The van der Waals surface area contributed by atoms with Crippen LogP contribution < -0.4 is 21.3 Å². The van der Waals surface area contributed by atoms with Crippen LogP contribution in [0.5, 0.6) is 0 Å². The molecule has 0 spiro atoms. The monoisotopic (exact) mass is 1450 g/mol. The minimum absolute atomic E-state index is 0.0140. The Hall–Kier alpha value is -10.6. The molecule has 6 aliphatic heterocycles. The van der Waals surface area contributed by atoms with E-state index in [0.717, 1.165) is 132 Å². The van der Waals surface area contributed by atoms with E-state index in [1.165, 1.54) is 60.8 Å². The molecule has 2 saturated heterocycles. The number of ether oxygens (including phenoxy) is 2. The maximum atomic E-state index is 13.6. The number of alkyl carbamates (subject to hydrolysis) is 2. The number of hydrogen-bond acceptors (Lipinski definition) is 12. The third-order valence-corrected chi connectivity index (χ3v) is 24.6.